The van der Waals surface area contributed by atoms with Crippen molar-refractivity contribution < 1.29 is 9.21 Å². The topological polar surface area (TPSA) is 33.5 Å². The summed E-state index contributed by atoms with van der Waals surface area (Å²) in [6, 6.07) is 21.7. The minimum atomic E-state index is -0.0823. The Morgan fingerprint density at radius 1 is 1.04 bits per heavy atom. The third kappa shape index (κ3) is 4.17. The van der Waals surface area contributed by atoms with Crippen LogP contribution in [0.15, 0.2) is 76.1 Å². The number of nitrogens with zero attached hydrogens (tertiary/aromatic N) is 1. The first-order valence-electron chi connectivity index (χ1n) is 8.25. The van der Waals surface area contributed by atoms with Crippen LogP contribution in [0.3, 0.4) is 0 Å². The first-order valence-corrected chi connectivity index (χ1v) is 10.6. The normalized spacial score (nSPS) is 15.7. The van der Waals surface area contributed by atoms with E-state index in [0.29, 0.717) is 21.5 Å². The molecule has 4 rings (SSSR count). The second kappa shape index (κ2) is 8.00. The Balaban J connectivity index is 1.53. The van der Waals surface area contributed by atoms with Crippen molar-refractivity contribution in [2.75, 3.05) is 0 Å². The van der Waals surface area contributed by atoms with Crippen molar-refractivity contribution in [3.05, 3.63) is 86.5 Å². The second-order valence-electron chi connectivity index (χ2n) is 5.96. The fraction of sp³-hybridized carbons (Fsp3) is 0.0476. The van der Waals surface area contributed by atoms with Gasteiger partial charge in [0.15, 0.2) is 0 Å². The van der Waals surface area contributed by atoms with Crippen LogP contribution in [0.25, 0.3) is 17.4 Å². The van der Waals surface area contributed by atoms with E-state index in [1.165, 1.54) is 15.3 Å². The number of halogens is 1. The van der Waals surface area contributed by atoms with Crippen molar-refractivity contribution in [1.29, 1.82) is 0 Å². The number of amides is 1. The number of furan rings is 1. The zero-order valence-corrected chi connectivity index (χ0v) is 17.9. The Kier molecular flexibility index (Phi) is 5.47. The van der Waals surface area contributed by atoms with Crippen LogP contribution in [0, 0.1) is 3.57 Å². The van der Waals surface area contributed by atoms with E-state index in [1.54, 1.807) is 11.0 Å². The minimum Gasteiger partial charge on any atom is -0.457 e. The largest absolute Gasteiger partial charge is 0.457 e. The molecule has 1 amide bonds. The number of hydrogen-bond acceptors (Lipinski definition) is 4. The first-order chi connectivity index (χ1) is 13.1. The lowest BCUT2D eigenvalue weighted by Gasteiger charge is -2.14. The van der Waals surface area contributed by atoms with E-state index in [0.717, 1.165) is 16.9 Å². The molecule has 0 bridgehead atoms. The fourth-order valence-electron chi connectivity index (χ4n) is 2.73. The van der Waals surface area contributed by atoms with Gasteiger partial charge in [0.1, 0.15) is 15.8 Å². The van der Waals surface area contributed by atoms with Crippen LogP contribution in [0.2, 0.25) is 0 Å². The van der Waals surface area contributed by atoms with Crippen molar-refractivity contribution in [3.8, 4) is 11.3 Å². The summed E-state index contributed by atoms with van der Waals surface area (Å²) in [7, 11) is 0. The summed E-state index contributed by atoms with van der Waals surface area (Å²) in [6.07, 6.45) is 1.76. The molecule has 1 fully saturated rings. The summed E-state index contributed by atoms with van der Waals surface area (Å²) >= 11 is 8.98. The van der Waals surface area contributed by atoms with Crippen molar-refractivity contribution >= 4 is 62.9 Å². The van der Waals surface area contributed by atoms with Crippen molar-refractivity contribution in [1.82, 2.24) is 4.90 Å². The van der Waals surface area contributed by atoms with E-state index in [-0.39, 0.29) is 5.91 Å². The Morgan fingerprint density at radius 3 is 2.52 bits per heavy atom. The Hall–Kier alpha value is -1.90. The molecule has 0 unspecified atom stereocenters. The van der Waals surface area contributed by atoms with Gasteiger partial charge >= 0.3 is 0 Å². The highest BCUT2D eigenvalue weighted by atomic mass is 127. The van der Waals surface area contributed by atoms with Gasteiger partial charge in [0, 0.05) is 15.2 Å². The van der Waals surface area contributed by atoms with Gasteiger partial charge in [-0.1, -0.05) is 66.4 Å². The van der Waals surface area contributed by atoms with Gasteiger partial charge in [0.05, 0.1) is 11.4 Å². The smallest absolute Gasteiger partial charge is 0.266 e. The van der Waals surface area contributed by atoms with Crippen LogP contribution < -0.4 is 0 Å². The lowest BCUT2D eigenvalue weighted by atomic mass is 10.2. The van der Waals surface area contributed by atoms with Crippen molar-refractivity contribution in [2.24, 2.45) is 0 Å². The number of benzene rings is 2. The molecule has 0 aliphatic carbocycles. The average Bonchev–Trinajstić information content (AvgIpc) is 3.24. The zero-order chi connectivity index (χ0) is 18.8. The predicted molar refractivity (Wildman–Crippen MR) is 122 cm³/mol. The Labute approximate surface area is 180 Å². The maximum absolute atomic E-state index is 12.7. The fourth-order valence-corrected chi connectivity index (χ4v) is 4.33. The van der Waals surface area contributed by atoms with Gasteiger partial charge in [0.25, 0.3) is 5.91 Å². The maximum atomic E-state index is 12.7. The standard InChI is InChI=1S/C21H14INO2S2/c22-16-8-6-15(7-9-16)18-11-10-17(25-18)12-19-20(24)23(21(26)27-19)13-14-4-2-1-3-5-14/h1-12H,13H2/b19-12+. The molecule has 1 aliphatic heterocycles. The highest BCUT2D eigenvalue weighted by Gasteiger charge is 2.32. The number of hydrogen-bond donors (Lipinski definition) is 0. The molecular formula is C21H14INO2S2. The average molecular weight is 503 g/mol. The van der Waals surface area contributed by atoms with Crippen LogP contribution in [0.5, 0.6) is 0 Å². The molecule has 1 aliphatic rings. The molecule has 0 spiro atoms. The van der Waals surface area contributed by atoms with Gasteiger partial charge < -0.3 is 4.42 Å². The quantitative estimate of drug-likeness (QED) is 0.250. The Morgan fingerprint density at radius 2 is 1.78 bits per heavy atom. The minimum absolute atomic E-state index is 0.0823. The molecule has 1 aromatic heterocycles. The highest BCUT2D eigenvalue weighted by molar-refractivity contribution is 14.1. The molecule has 0 N–H and O–H groups in total. The van der Waals surface area contributed by atoms with Gasteiger partial charge in [0.2, 0.25) is 0 Å². The summed E-state index contributed by atoms with van der Waals surface area (Å²) in [4.78, 5) is 15.0. The molecule has 2 heterocycles. The van der Waals surface area contributed by atoms with E-state index in [1.807, 2.05) is 66.7 Å². The van der Waals surface area contributed by atoms with E-state index >= 15 is 0 Å². The molecule has 3 nitrogen and oxygen atoms in total. The van der Waals surface area contributed by atoms with Gasteiger partial charge in [-0.15, -0.1) is 0 Å². The van der Waals surface area contributed by atoms with Gasteiger partial charge in [-0.05, 0) is 52.4 Å². The molecular weight excluding hydrogens is 489 g/mol. The van der Waals surface area contributed by atoms with Crippen LogP contribution in [-0.2, 0) is 11.3 Å². The third-order valence-corrected chi connectivity index (χ3v) is 6.18. The maximum Gasteiger partial charge on any atom is 0.266 e. The zero-order valence-electron chi connectivity index (χ0n) is 14.1. The van der Waals surface area contributed by atoms with Crippen LogP contribution in [-0.4, -0.2) is 15.1 Å². The second-order valence-corrected chi connectivity index (χ2v) is 8.88. The Bertz CT molecular complexity index is 1030. The lowest BCUT2D eigenvalue weighted by molar-refractivity contribution is -0.122. The molecule has 0 radical (unpaired) electrons. The summed E-state index contributed by atoms with van der Waals surface area (Å²) in [5, 5.41) is 0. The number of carbonyl (C=O) groups excluding carboxylic acids is 1. The van der Waals surface area contributed by atoms with E-state index in [4.69, 9.17) is 16.6 Å². The van der Waals surface area contributed by atoms with E-state index in [9.17, 15) is 4.79 Å². The summed E-state index contributed by atoms with van der Waals surface area (Å²) < 4.78 is 7.64. The molecule has 0 atom stereocenters. The lowest BCUT2D eigenvalue weighted by Crippen LogP contribution is -2.27. The summed E-state index contributed by atoms with van der Waals surface area (Å²) in [5.41, 5.74) is 2.06. The SMILES string of the molecule is O=C1/C(=C\c2ccc(-c3ccc(I)cc3)o2)SC(=S)N1Cc1ccccc1. The van der Waals surface area contributed by atoms with Crippen LogP contribution in [0.1, 0.15) is 11.3 Å². The molecule has 27 heavy (non-hydrogen) atoms. The van der Waals surface area contributed by atoms with Crippen molar-refractivity contribution in [2.45, 2.75) is 6.54 Å². The highest BCUT2D eigenvalue weighted by Crippen LogP contribution is 2.34. The number of thioether (sulfide) groups is 1. The molecule has 0 saturated carbocycles. The molecule has 6 heteroatoms. The number of carbonyl (C=O) groups is 1. The monoisotopic (exact) mass is 503 g/mol. The summed E-state index contributed by atoms with van der Waals surface area (Å²) in [5.74, 6) is 1.34. The molecule has 2 aromatic carbocycles. The van der Waals surface area contributed by atoms with Gasteiger partial charge in [-0.2, -0.15) is 0 Å². The van der Waals surface area contributed by atoms with E-state index in [2.05, 4.69) is 22.6 Å². The molecule has 3 aromatic rings. The molecule has 1 saturated heterocycles. The predicted octanol–water partition coefficient (Wildman–Crippen LogP) is 5.95. The van der Waals surface area contributed by atoms with Crippen LogP contribution in [0.4, 0.5) is 0 Å². The van der Waals surface area contributed by atoms with Gasteiger partial charge in [-0.3, -0.25) is 9.69 Å². The van der Waals surface area contributed by atoms with Crippen LogP contribution >= 0.6 is 46.6 Å². The van der Waals surface area contributed by atoms with E-state index < -0.39 is 0 Å². The molecule has 134 valence electrons. The third-order valence-electron chi connectivity index (χ3n) is 4.09. The first kappa shape index (κ1) is 18.5. The van der Waals surface area contributed by atoms with Gasteiger partial charge in [-0.25, -0.2) is 0 Å². The number of rotatable bonds is 4. The summed E-state index contributed by atoms with van der Waals surface area (Å²) in [6.45, 7) is 0.481. The number of thiocarbonyl (C=S) groups is 1. The van der Waals surface area contributed by atoms with Crippen molar-refractivity contribution in [3.63, 3.8) is 0 Å².